The fourth-order valence-corrected chi connectivity index (χ4v) is 6.57. The molecule has 5 rings (SSSR count). The Morgan fingerprint density at radius 2 is 2.09 bits per heavy atom. The number of benzene rings is 1. The molecule has 14 heteroatoms. The van der Waals surface area contributed by atoms with Crippen LogP contribution >= 0.6 is 11.3 Å². The molecule has 10 nitrogen and oxygen atoms in total. The quantitative estimate of drug-likeness (QED) is 0.459. The van der Waals surface area contributed by atoms with Crippen molar-refractivity contribution >= 4 is 38.1 Å². The van der Waals surface area contributed by atoms with Crippen molar-refractivity contribution in [2.24, 2.45) is 0 Å². The highest BCUT2D eigenvalue weighted by atomic mass is 32.2. The largest absolute Gasteiger partial charge is 0.383 e. The normalized spacial score (nSPS) is 22.3. The number of nitrogens with zero attached hydrogens (tertiary/aromatic N) is 5. The van der Waals surface area contributed by atoms with Crippen LogP contribution in [-0.2, 0) is 14.8 Å². The molecule has 0 amide bonds. The standard InChI is InChI=1S/C21H27F2N7O3S2/c1-12-8-29(9-13(25-12)10-33-3)15-6-14(35(31,32)28-21(2)4-5-21)7-16-17(15)24-11-30(16)20-27-26-19(34-20)18(22)23/h6-7,11-13,18,25,28H,4-5,8-10H2,1-3H3/t12-,13+/m0/s1. The molecule has 0 bridgehead atoms. The van der Waals surface area contributed by atoms with Gasteiger partial charge in [-0.1, -0.05) is 11.3 Å². The number of nitrogens with one attached hydrogen (secondary N) is 2. The summed E-state index contributed by atoms with van der Waals surface area (Å²) in [5.74, 6) is 0. The first-order valence-corrected chi connectivity index (χ1v) is 13.6. The number of ether oxygens (including phenoxy) is 1. The maximum Gasteiger partial charge on any atom is 0.291 e. The molecule has 0 spiro atoms. The van der Waals surface area contributed by atoms with E-state index in [1.165, 1.54) is 17.0 Å². The van der Waals surface area contributed by atoms with Gasteiger partial charge in [0.05, 0.1) is 22.7 Å². The van der Waals surface area contributed by atoms with Crippen molar-refractivity contribution in [2.75, 3.05) is 31.7 Å². The highest BCUT2D eigenvalue weighted by Gasteiger charge is 2.41. The van der Waals surface area contributed by atoms with Gasteiger partial charge in [-0.25, -0.2) is 26.9 Å². The molecule has 0 radical (unpaired) electrons. The van der Waals surface area contributed by atoms with Crippen LogP contribution in [0.1, 0.15) is 38.1 Å². The third-order valence-electron chi connectivity index (χ3n) is 6.28. The average molecular weight is 528 g/mol. The molecule has 2 N–H and O–H groups in total. The summed E-state index contributed by atoms with van der Waals surface area (Å²) in [7, 11) is -2.20. The molecular weight excluding hydrogens is 500 g/mol. The number of hydrogen-bond acceptors (Lipinski definition) is 9. The summed E-state index contributed by atoms with van der Waals surface area (Å²) in [5.41, 5.74) is 1.21. The van der Waals surface area contributed by atoms with Crippen molar-refractivity contribution in [3.8, 4) is 5.13 Å². The van der Waals surface area contributed by atoms with E-state index in [4.69, 9.17) is 4.74 Å². The first kappa shape index (κ1) is 24.4. The Kier molecular flexibility index (Phi) is 6.28. The van der Waals surface area contributed by atoms with Crippen molar-refractivity contribution in [3.05, 3.63) is 23.5 Å². The maximum absolute atomic E-state index is 13.3. The van der Waals surface area contributed by atoms with E-state index in [0.717, 1.165) is 24.2 Å². The minimum absolute atomic E-state index is 0.0430. The first-order valence-electron chi connectivity index (χ1n) is 11.3. The number of sulfonamides is 1. The zero-order valence-electron chi connectivity index (χ0n) is 19.5. The van der Waals surface area contributed by atoms with E-state index < -0.39 is 27.0 Å². The van der Waals surface area contributed by atoms with E-state index in [1.54, 1.807) is 13.2 Å². The predicted molar refractivity (Wildman–Crippen MR) is 128 cm³/mol. The zero-order chi connectivity index (χ0) is 25.0. The molecule has 1 aliphatic heterocycles. The second-order valence-corrected chi connectivity index (χ2v) is 12.1. The van der Waals surface area contributed by atoms with Gasteiger partial charge in [-0.05, 0) is 38.8 Å². The molecule has 2 fully saturated rings. The number of alkyl halides is 2. The zero-order valence-corrected chi connectivity index (χ0v) is 21.2. The molecule has 2 aliphatic rings. The summed E-state index contributed by atoms with van der Waals surface area (Å²) in [6.07, 6.45) is 0.267. The monoisotopic (exact) mass is 527 g/mol. The van der Waals surface area contributed by atoms with Crippen molar-refractivity contribution < 1.29 is 21.9 Å². The first-order chi connectivity index (χ1) is 16.6. The average Bonchev–Trinajstić information content (AvgIpc) is 3.17. The Morgan fingerprint density at radius 1 is 1.31 bits per heavy atom. The van der Waals surface area contributed by atoms with Crippen LogP contribution in [0.5, 0.6) is 0 Å². The second-order valence-electron chi connectivity index (χ2n) is 9.44. The van der Waals surface area contributed by atoms with Gasteiger partial charge in [0.1, 0.15) is 11.8 Å². The summed E-state index contributed by atoms with van der Waals surface area (Å²) in [6.45, 7) is 5.63. The van der Waals surface area contributed by atoms with E-state index in [9.17, 15) is 17.2 Å². The molecule has 1 aromatic carbocycles. The third-order valence-corrected chi connectivity index (χ3v) is 8.83. The lowest BCUT2D eigenvalue weighted by Gasteiger charge is -2.39. The summed E-state index contributed by atoms with van der Waals surface area (Å²) < 4.78 is 62.6. The van der Waals surface area contributed by atoms with Gasteiger partial charge in [0, 0.05) is 37.8 Å². The molecule has 1 saturated carbocycles. The predicted octanol–water partition coefficient (Wildman–Crippen LogP) is 2.46. The van der Waals surface area contributed by atoms with Crippen LogP contribution < -0.4 is 14.9 Å². The molecular formula is C21H27F2N7O3S2. The van der Waals surface area contributed by atoms with Crippen LogP contribution in [0, 0.1) is 0 Å². The number of anilines is 1. The van der Waals surface area contributed by atoms with Gasteiger partial charge in [-0.2, -0.15) is 0 Å². The van der Waals surface area contributed by atoms with Crippen molar-refractivity contribution in [1.82, 2.24) is 29.8 Å². The van der Waals surface area contributed by atoms with E-state index in [-0.39, 0.29) is 22.1 Å². The van der Waals surface area contributed by atoms with Gasteiger partial charge in [-0.3, -0.25) is 4.57 Å². The summed E-state index contributed by atoms with van der Waals surface area (Å²) in [5, 5.41) is 10.7. The number of methoxy groups -OCH3 is 1. The van der Waals surface area contributed by atoms with Crippen molar-refractivity contribution in [3.63, 3.8) is 0 Å². The second kappa shape index (κ2) is 9.00. The number of rotatable bonds is 8. The lowest BCUT2D eigenvalue weighted by atomic mass is 10.1. The Balaban J connectivity index is 1.64. The number of hydrogen-bond donors (Lipinski definition) is 2. The number of imidazole rings is 1. The molecule has 190 valence electrons. The summed E-state index contributed by atoms with van der Waals surface area (Å²) in [4.78, 5) is 6.71. The van der Waals surface area contributed by atoms with Gasteiger partial charge in [0.25, 0.3) is 6.43 Å². The molecule has 3 aromatic rings. The van der Waals surface area contributed by atoms with Gasteiger partial charge >= 0.3 is 0 Å². The number of piperazine rings is 1. The number of fused-ring (bicyclic) bond motifs is 1. The minimum Gasteiger partial charge on any atom is -0.383 e. The van der Waals surface area contributed by atoms with E-state index in [2.05, 4.69) is 30.1 Å². The van der Waals surface area contributed by atoms with E-state index in [0.29, 0.717) is 36.4 Å². The molecule has 3 heterocycles. The highest BCUT2D eigenvalue weighted by Crippen LogP contribution is 2.38. The van der Waals surface area contributed by atoms with Gasteiger partial charge in [0.2, 0.25) is 15.2 Å². The van der Waals surface area contributed by atoms with Crippen LogP contribution in [-0.4, -0.2) is 72.6 Å². The fraction of sp³-hybridized carbons (Fsp3) is 0.571. The van der Waals surface area contributed by atoms with Crippen molar-refractivity contribution in [2.45, 2.75) is 55.6 Å². The number of halogens is 2. The number of aromatic nitrogens is 4. The Morgan fingerprint density at radius 3 is 2.74 bits per heavy atom. The van der Waals surface area contributed by atoms with Gasteiger partial charge < -0.3 is 15.0 Å². The maximum atomic E-state index is 13.3. The Hall–Kier alpha value is -2.26. The van der Waals surface area contributed by atoms with E-state index in [1.807, 2.05) is 13.8 Å². The summed E-state index contributed by atoms with van der Waals surface area (Å²) in [6, 6.07) is 3.32. The molecule has 1 saturated heterocycles. The molecule has 0 unspecified atom stereocenters. The molecule has 2 atom stereocenters. The lowest BCUT2D eigenvalue weighted by Crippen LogP contribution is -2.57. The van der Waals surface area contributed by atoms with Crippen LogP contribution in [0.25, 0.3) is 16.2 Å². The van der Waals surface area contributed by atoms with E-state index >= 15 is 0 Å². The molecule has 35 heavy (non-hydrogen) atoms. The lowest BCUT2D eigenvalue weighted by molar-refractivity contribution is 0.150. The van der Waals surface area contributed by atoms with Gasteiger partial charge in [0.15, 0.2) is 5.01 Å². The van der Waals surface area contributed by atoms with Gasteiger partial charge in [-0.15, -0.1) is 10.2 Å². The fourth-order valence-electron chi connectivity index (χ4n) is 4.38. The SMILES string of the molecule is COC[C@H]1CN(c2cc(S(=O)(=O)NC3(C)CC3)cc3c2ncn3-c2nnc(C(F)F)s2)C[C@H](C)N1. The summed E-state index contributed by atoms with van der Waals surface area (Å²) >= 11 is 0.741. The van der Waals surface area contributed by atoms with Crippen LogP contribution in [0.2, 0.25) is 0 Å². The Labute approximate surface area is 205 Å². The molecule has 1 aliphatic carbocycles. The smallest absolute Gasteiger partial charge is 0.291 e. The van der Waals surface area contributed by atoms with Crippen LogP contribution in [0.15, 0.2) is 23.4 Å². The van der Waals surface area contributed by atoms with Crippen LogP contribution in [0.4, 0.5) is 14.5 Å². The Bertz CT molecular complexity index is 1340. The van der Waals surface area contributed by atoms with Crippen molar-refractivity contribution in [1.29, 1.82) is 0 Å². The topological polar surface area (TPSA) is 114 Å². The molecule has 2 aromatic heterocycles. The highest BCUT2D eigenvalue weighted by molar-refractivity contribution is 7.89. The third kappa shape index (κ3) is 4.89. The minimum atomic E-state index is -3.84. The van der Waals surface area contributed by atoms with Crippen LogP contribution in [0.3, 0.4) is 0 Å².